The third-order valence-corrected chi connectivity index (χ3v) is 3.31. The van der Waals surface area contributed by atoms with Gasteiger partial charge in [0.1, 0.15) is 17.5 Å². The zero-order valence-corrected chi connectivity index (χ0v) is 11.0. The van der Waals surface area contributed by atoms with Gasteiger partial charge in [-0.15, -0.1) is 0 Å². The molecule has 1 aliphatic rings. The monoisotopic (exact) mass is 251 g/mol. The number of nitrogens with two attached hydrogens (primary N) is 1. The highest BCUT2D eigenvalue weighted by atomic mass is 16.5. The van der Waals surface area contributed by atoms with Crippen molar-refractivity contribution < 1.29 is 4.74 Å². The SMILES string of the molecule is COCC1CCN(c2cc(NN)nc(C)n2)CC1. The number of piperidine rings is 1. The molecule has 0 saturated carbocycles. The molecule has 0 unspecified atom stereocenters. The maximum Gasteiger partial charge on any atom is 0.145 e. The van der Waals surface area contributed by atoms with Crippen molar-refractivity contribution in [2.75, 3.05) is 37.1 Å². The minimum atomic E-state index is 0.663. The van der Waals surface area contributed by atoms with Crippen LogP contribution in [0.25, 0.3) is 0 Å². The van der Waals surface area contributed by atoms with Crippen LogP contribution in [0.15, 0.2) is 6.07 Å². The van der Waals surface area contributed by atoms with Gasteiger partial charge in [0.25, 0.3) is 0 Å². The highest BCUT2D eigenvalue weighted by molar-refractivity contribution is 5.49. The molecule has 2 rings (SSSR count). The lowest BCUT2D eigenvalue weighted by atomic mass is 9.98. The number of rotatable bonds is 4. The summed E-state index contributed by atoms with van der Waals surface area (Å²) in [6, 6.07) is 1.89. The maximum atomic E-state index is 5.40. The molecule has 0 aliphatic carbocycles. The van der Waals surface area contributed by atoms with E-state index in [1.165, 1.54) is 0 Å². The minimum absolute atomic E-state index is 0.663. The van der Waals surface area contributed by atoms with Crippen molar-refractivity contribution in [1.82, 2.24) is 9.97 Å². The lowest BCUT2D eigenvalue weighted by Crippen LogP contribution is -2.35. The molecule has 1 aromatic rings. The molecule has 0 radical (unpaired) electrons. The average Bonchev–Trinajstić information content (AvgIpc) is 2.39. The number of hydrogen-bond acceptors (Lipinski definition) is 6. The van der Waals surface area contributed by atoms with Crippen LogP contribution in [0.2, 0.25) is 0 Å². The van der Waals surface area contributed by atoms with Gasteiger partial charge in [0.2, 0.25) is 0 Å². The fraction of sp³-hybridized carbons (Fsp3) is 0.667. The third-order valence-electron chi connectivity index (χ3n) is 3.31. The lowest BCUT2D eigenvalue weighted by Gasteiger charge is -2.32. The zero-order chi connectivity index (χ0) is 13.0. The van der Waals surface area contributed by atoms with Crippen molar-refractivity contribution in [2.45, 2.75) is 19.8 Å². The number of anilines is 2. The summed E-state index contributed by atoms with van der Waals surface area (Å²) < 4.78 is 5.21. The normalized spacial score (nSPS) is 16.9. The Morgan fingerprint density at radius 2 is 2.17 bits per heavy atom. The summed E-state index contributed by atoms with van der Waals surface area (Å²) >= 11 is 0. The van der Waals surface area contributed by atoms with E-state index in [-0.39, 0.29) is 0 Å². The second-order valence-electron chi connectivity index (χ2n) is 4.69. The quantitative estimate of drug-likeness (QED) is 0.612. The van der Waals surface area contributed by atoms with E-state index in [1.807, 2.05) is 13.0 Å². The molecular formula is C12H21N5O. The first-order valence-electron chi connectivity index (χ1n) is 6.29. The van der Waals surface area contributed by atoms with Crippen LogP contribution in [0.5, 0.6) is 0 Å². The van der Waals surface area contributed by atoms with Gasteiger partial charge in [0, 0.05) is 32.9 Å². The Morgan fingerprint density at radius 3 is 2.78 bits per heavy atom. The molecule has 0 aromatic carbocycles. The van der Waals surface area contributed by atoms with Crippen LogP contribution >= 0.6 is 0 Å². The summed E-state index contributed by atoms with van der Waals surface area (Å²) in [5.74, 6) is 8.42. The van der Waals surface area contributed by atoms with E-state index in [0.717, 1.165) is 44.2 Å². The first kappa shape index (κ1) is 13.0. The predicted octanol–water partition coefficient (Wildman–Crippen LogP) is 0.933. The van der Waals surface area contributed by atoms with Crippen molar-refractivity contribution >= 4 is 11.6 Å². The molecule has 0 amide bonds. The Balaban J connectivity index is 2.02. The van der Waals surface area contributed by atoms with Crippen LogP contribution in [-0.2, 0) is 4.74 Å². The van der Waals surface area contributed by atoms with E-state index in [4.69, 9.17) is 10.6 Å². The molecule has 18 heavy (non-hydrogen) atoms. The molecule has 0 atom stereocenters. The molecule has 2 heterocycles. The third kappa shape index (κ3) is 3.08. The van der Waals surface area contributed by atoms with Gasteiger partial charge in [-0.05, 0) is 25.7 Å². The highest BCUT2D eigenvalue weighted by Crippen LogP contribution is 2.23. The molecule has 0 spiro atoms. The molecule has 100 valence electrons. The van der Waals surface area contributed by atoms with E-state index in [2.05, 4.69) is 20.3 Å². The number of nitrogens with one attached hydrogen (secondary N) is 1. The van der Waals surface area contributed by atoms with Crippen molar-refractivity contribution in [3.63, 3.8) is 0 Å². The first-order chi connectivity index (χ1) is 8.72. The van der Waals surface area contributed by atoms with E-state index in [9.17, 15) is 0 Å². The number of nitrogens with zero attached hydrogens (tertiary/aromatic N) is 3. The molecule has 6 nitrogen and oxygen atoms in total. The van der Waals surface area contributed by atoms with Gasteiger partial charge < -0.3 is 15.1 Å². The summed E-state index contributed by atoms with van der Waals surface area (Å²) in [6.45, 7) is 4.75. The molecule has 1 aliphatic heterocycles. The average molecular weight is 251 g/mol. The van der Waals surface area contributed by atoms with Crippen LogP contribution in [-0.4, -0.2) is 36.8 Å². The second kappa shape index (κ2) is 5.97. The maximum absolute atomic E-state index is 5.40. The second-order valence-corrected chi connectivity index (χ2v) is 4.69. The minimum Gasteiger partial charge on any atom is -0.384 e. The van der Waals surface area contributed by atoms with Gasteiger partial charge in [-0.25, -0.2) is 15.8 Å². The van der Waals surface area contributed by atoms with Crippen LogP contribution < -0.4 is 16.2 Å². The largest absolute Gasteiger partial charge is 0.384 e. The van der Waals surface area contributed by atoms with Crippen molar-refractivity contribution in [2.24, 2.45) is 11.8 Å². The van der Waals surface area contributed by atoms with E-state index in [1.54, 1.807) is 7.11 Å². The Labute approximate surface area is 108 Å². The Kier molecular flexibility index (Phi) is 4.33. The summed E-state index contributed by atoms with van der Waals surface area (Å²) in [5, 5.41) is 0. The number of ether oxygens (including phenoxy) is 1. The van der Waals surface area contributed by atoms with Crippen LogP contribution in [0, 0.1) is 12.8 Å². The lowest BCUT2D eigenvalue weighted by molar-refractivity contribution is 0.139. The van der Waals surface area contributed by atoms with Gasteiger partial charge in [0.05, 0.1) is 0 Å². The molecule has 0 bridgehead atoms. The standard InChI is InChI=1S/C12H21N5O/c1-9-14-11(16-13)7-12(15-9)17-5-3-10(4-6-17)8-18-2/h7,10H,3-6,8,13H2,1-2H3,(H,14,15,16). The van der Waals surface area contributed by atoms with Crippen LogP contribution in [0.1, 0.15) is 18.7 Å². The van der Waals surface area contributed by atoms with Crippen LogP contribution in [0.4, 0.5) is 11.6 Å². The van der Waals surface area contributed by atoms with Gasteiger partial charge in [-0.1, -0.05) is 0 Å². The number of aryl methyl sites for hydroxylation is 1. The fourth-order valence-electron chi connectivity index (χ4n) is 2.35. The Hall–Kier alpha value is -1.40. The van der Waals surface area contributed by atoms with E-state index < -0.39 is 0 Å². The molecule has 3 N–H and O–H groups in total. The van der Waals surface area contributed by atoms with E-state index >= 15 is 0 Å². The summed E-state index contributed by atoms with van der Waals surface area (Å²) in [5.41, 5.74) is 2.58. The summed E-state index contributed by atoms with van der Waals surface area (Å²) in [4.78, 5) is 10.9. The zero-order valence-electron chi connectivity index (χ0n) is 11.0. The van der Waals surface area contributed by atoms with Crippen molar-refractivity contribution in [3.05, 3.63) is 11.9 Å². The van der Waals surface area contributed by atoms with Gasteiger partial charge >= 0.3 is 0 Å². The van der Waals surface area contributed by atoms with Gasteiger partial charge in [-0.2, -0.15) is 0 Å². The topological polar surface area (TPSA) is 76.3 Å². The molecule has 1 fully saturated rings. The number of hydrazine groups is 1. The fourth-order valence-corrected chi connectivity index (χ4v) is 2.35. The molecule has 1 aromatic heterocycles. The number of aromatic nitrogens is 2. The first-order valence-corrected chi connectivity index (χ1v) is 6.29. The van der Waals surface area contributed by atoms with Gasteiger partial charge in [-0.3, -0.25) is 0 Å². The molecule has 1 saturated heterocycles. The summed E-state index contributed by atoms with van der Waals surface area (Å²) in [7, 11) is 1.76. The molecular weight excluding hydrogens is 230 g/mol. The number of nitrogen functional groups attached to an aromatic ring is 1. The van der Waals surface area contributed by atoms with Crippen molar-refractivity contribution in [1.29, 1.82) is 0 Å². The van der Waals surface area contributed by atoms with Gasteiger partial charge in [0.15, 0.2) is 0 Å². The van der Waals surface area contributed by atoms with Crippen LogP contribution in [0.3, 0.4) is 0 Å². The number of methoxy groups -OCH3 is 1. The Bertz CT molecular complexity index is 390. The van der Waals surface area contributed by atoms with E-state index in [0.29, 0.717) is 11.7 Å². The highest BCUT2D eigenvalue weighted by Gasteiger charge is 2.20. The smallest absolute Gasteiger partial charge is 0.145 e. The summed E-state index contributed by atoms with van der Waals surface area (Å²) in [6.07, 6.45) is 2.28. The number of hydrogen-bond donors (Lipinski definition) is 2. The Morgan fingerprint density at radius 1 is 1.44 bits per heavy atom. The predicted molar refractivity (Wildman–Crippen MR) is 71.4 cm³/mol. The molecule has 6 heteroatoms. The van der Waals surface area contributed by atoms with Crippen molar-refractivity contribution in [3.8, 4) is 0 Å².